The average Bonchev–Trinajstić information content (AvgIpc) is 2.16. The van der Waals surface area contributed by atoms with Crippen LogP contribution < -0.4 is 0 Å². The van der Waals surface area contributed by atoms with Gasteiger partial charge in [-0.15, -0.1) is 0 Å². The molecule has 1 aromatic carbocycles. The summed E-state index contributed by atoms with van der Waals surface area (Å²) in [5.41, 5.74) is 3.56. The summed E-state index contributed by atoms with van der Waals surface area (Å²) in [6.07, 6.45) is 2.32. The van der Waals surface area contributed by atoms with Crippen molar-refractivity contribution in [3.05, 3.63) is 47.0 Å². The van der Waals surface area contributed by atoms with Crippen molar-refractivity contribution in [3.63, 3.8) is 0 Å². The van der Waals surface area contributed by atoms with E-state index in [9.17, 15) is 4.79 Å². The van der Waals surface area contributed by atoms with Gasteiger partial charge in [-0.25, -0.2) is 0 Å². The number of carbonyl (C=O) groups is 1. The van der Waals surface area contributed by atoms with Gasteiger partial charge in [-0.3, -0.25) is 4.79 Å². The minimum atomic E-state index is 0.216. The number of benzene rings is 1. The quantitative estimate of drug-likeness (QED) is 0.695. The van der Waals surface area contributed by atoms with Gasteiger partial charge in [0.1, 0.15) is 0 Å². The van der Waals surface area contributed by atoms with Gasteiger partial charge in [0.2, 0.25) is 0 Å². The standard InChI is InChI=1S/C15H20O/c1-11(2)9-15(16)10-13(4)14-7-5-12(3)6-8-14/h5-9,13H,10H2,1-4H3/t13-/m1/s1. The maximum absolute atomic E-state index is 11.6. The van der Waals surface area contributed by atoms with Crippen molar-refractivity contribution < 1.29 is 4.79 Å². The Labute approximate surface area is 98.2 Å². The van der Waals surface area contributed by atoms with Crippen LogP contribution in [0.25, 0.3) is 0 Å². The SMILES string of the molecule is CC(C)=CC(=O)C[C@@H](C)c1ccc(C)cc1. The lowest BCUT2D eigenvalue weighted by molar-refractivity contribution is -0.114. The second-order valence-corrected chi connectivity index (χ2v) is 4.70. The minimum absolute atomic E-state index is 0.216. The van der Waals surface area contributed by atoms with Crippen molar-refractivity contribution in [2.24, 2.45) is 0 Å². The molecule has 0 fully saturated rings. The summed E-state index contributed by atoms with van der Waals surface area (Å²) in [6, 6.07) is 8.40. The lowest BCUT2D eigenvalue weighted by Crippen LogP contribution is -2.02. The van der Waals surface area contributed by atoms with E-state index in [2.05, 4.69) is 38.1 Å². The van der Waals surface area contributed by atoms with Gasteiger partial charge in [0.05, 0.1) is 0 Å². The molecule has 1 nitrogen and oxygen atoms in total. The lowest BCUT2D eigenvalue weighted by Gasteiger charge is -2.10. The molecule has 16 heavy (non-hydrogen) atoms. The highest BCUT2D eigenvalue weighted by molar-refractivity contribution is 5.90. The van der Waals surface area contributed by atoms with Crippen molar-refractivity contribution >= 4 is 5.78 Å². The third-order valence-electron chi connectivity index (χ3n) is 2.60. The molecule has 0 aliphatic heterocycles. The second-order valence-electron chi connectivity index (χ2n) is 4.70. The molecule has 0 heterocycles. The Bertz CT molecular complexity index is 380. The molecule has 0 saturated carbocycles. The van der Waals surface area contributed by atoms with Crippen LogP contribution in [0.1, 0.15) is 44.2 Å². The van der Waals surface area contributed by atoms with Crippen LogP contribution in [0.4, 0.5) is 0 Å². The molecule has 0 saturated heterocycles. The maximum atomic E-state index is 11.6. The van der Waals surface area contributed by atoms with Crippen LogP contribution in [0.15, 0.2) is 35.9 Å². The van der Waals surface area contributed by atoms with Gasteiger partial charge < -0.3 is 0 Å². The topological polar surface area (TPSA) is 17.1 Å². The van der Waals surface area contributed by atoms with Crippen LogP contribution in [0.3, 0.4) is 0 Å². The summed E-state index contributed by atoms with van der Waals surface area (Å²) in [4.78, 5) is 11.6. The van der Waals surface area contributed by atoms with E-state index in [1.165, 1.54) is 11.1 Å². The first-order valence-electron chi connectivity index (χ1n) is 5.73. The molecule has 1 heteroatoms. The number of hydrogen-bond donors (Lipinski definition) is 0. The van der Waals surface area contributed by atoms with Crippen molar-refractivity contribution in [2.75, 3.05) is 0 Å². The maximum Gasteiger partial charge on any atom is 0.156 e. The fourth-order valence-electron chi connectivity index (χ4n) is 1.70. The van der Waals surface area contributed by atoms with Crippen LogP contribution in [0, 0.1) is 6.92 Å². The molecule has 0 aromatic heterocycles. The molecule has 1 aromatic rings. The Morgan fingerprint density at radius 3 is 2.31 bits per heavy atom. The average molecular weight is 216 g/mol. The van der Waals surface area contributed by atoms with Crippen molar-refractivity contribution in [1.29, 1.82) is 0 Å². The highest BCUT2D eigenvalue weighted by Crippen LogP contribution is 2.20. The third-order valence-corrected chi connectivity index (χ3v) is 2.60. The highest BCUT2D eigenvalue weighted by atomic mass is 16.1. The van der Waals surface area contributed by atoms with Gasteiger partial charge in [0.25, 0.3) is 0 Å². The number of rotatable bonds is 4. The second kappa shape index (κ2) is 5.64. The zero-order chi connectivity index (χ0) is 12.1. The summed E-state index contributed by atoms with van der Waals surface area (Å²) in [5, 5.41) is 0. The molecule has 0 aliphatic rings. The lowest BCUT2D eigenvalue weighted by atomic mass is 9.94. The van der Waals surface area contributed by atoms with E-state index < -0.39 is 0 Å². The Morgan fingerprint density at radius 1 is 1.25 bits per heavy atom. The van der Waals surface area contributed by atoms with Crippen molar-refractivity contribution in [3.8, 4) is 0 Å². The Kier molecular flexibility index (Phi) is 4.48. The van der Waals surface area contributed by atoms with Gasteiger partial charge in [-0.05, 0) is 38.3 Å². The number of ketones is 1. The van der Waals surface area contributed by atoms with Gasteiger partial charge >= 0.3 is 0 Å². The molecule has 0 N–H and O–H groups in total. The van der Waals surface area contributed by atoms with Crippen LogP contribution in [0.2, 0.25) is 0 Å². The molecule has 86 valence electrons. The number of carbonyl (C=O) groups excluding carboxylic acids is 1. The molecule has 0 spiro atoms. The van der Waals surface area contributed by atoms with Crippen LogP contribution in [0.5, 0.6) is 0 Å². The van der Waals surface area contributed by atoms with Gasteiger partial charge in [0, 0.05) is 6.42 Å². The normalized spacial score (nSPS) is 12.0. The van der Waals surface area contributed by atoms with E-state index in [1.54, 1.807) is 6.08 Å². The first-order valence-corrected chi connectivity index (χ1v) is 5.73. The molecule has 0 amide bonds. The highest BCUT2D eigenvalue weighted by Gasteiger charge is 2.09. The predicted molar refractivity (Wildman–Crippen MR) is 68.6 cm³/mol. The van der Waals surface area contributed by atoms with Crippen LogP contribution in [-0.2, 0) is 4.79 Å². The van der Waals surface area contributed by atoms with Crippen LogP contribution in [-0.4, -0.2) is 5.78 Å². The monoisotopic (exact) mass is 216 g/mol. The molecule has 0 bridgehead atoms. The predicted octanol–water partition coefficient (Wildman–Crippen LogP) is 4.02. The summed E-state index contributed by atoms with van der Waals surface area (Å²) in [5.74, 6) is 0.511. The van der Waals surface area contributed by atoms with E-state index in [1.807, 2.05) is 13.8 Å². The van der Waals surface area contributed by atoms with E-state index in [0.717, 1.165) is 5.57 Å². The summed E-state index contributed by atoms with van der Waals surface area (Å²) >= 11 is 0. The van der Waals surface area contributed by atoms with E-state index in [-0.39, 0.29) is 5.78 Å². The minimum Gasteiger partial charge on any atom is -0.295 e. The first-order chi connectivity index (χ1) is 7.49. The van der Waals surface area contributed by atoms with Gasteiger partial charge in [-0.1, -0.05) is 42.3 Å². The molecule has 1 rings (SSSR count). The number of allylic oxidation sites excluding steroid dienone is 2. The molecule has 0 aliphatic carbocycles. The third kappa shape index (κ3) is 4.01. The van der Waals surface area contributed by atoms with Gasteiger partial charge in [-0.2, -0.15) is 0 Å². The molecular formula is C15H20O. The summed E-state index contributed by atoms with van der Waals surface area (Å²) in [6.45, 7) is 8.08. The van der Waals surface area contributed by atoms with Gasteiger partial charge in [0.15, 0.2) is 5.78 Å². The van der Waals surface area contributed by atoms with E-state index in [4.69, 9.17) is 0 Å². The number of aryl methyl sites for hydroxylation is 1. The zero-order valence-corrected chi connectivity index (χ0v) is 10.6. The smallest absolute Gasteiger partial charge is 0.156 e. The van der Waals surface area contributed by atoms with Crippen molar-refractivity contribution in [2.45, 2.75) is 40.0 Å². The molecule has 0 unspecified atom stereocenters. The summed E-state index contributed by atoms with van der Waals surface area (Å²) in [7, 11) is 0. The summed E-state index contributed by atoms with van der Waals surface area (Å²) < 4.78 is 0. The van der Waals surface area contributed by atoms with Crippen LogP contribution >= 0.6 is 0 Å². The van der Waals surface area contributed by atoms with E-state index in [0.29, 0.717) is 12.3 Å². The Morgan fingerprint density at radius 2 is 1.81 bits per heavy atom. The molecular weight excluding hydrogens is 196 g/mol. The largest absolute Gasteiger partial charge is 0.295 e. The Hall–Kier alpha value is -1.37. The molecule has 0 radical (unpaired) electrons. The van der Waals surface area contributed by atoms with Crippen molar-refractivity contribution in [1.82, 2.24) is 0 Å². The fraction of sp³-hybridized carbons (Fsp3) is 0.400. The zero-order valence-electron chi connectivity index (χ0n) is 10.6. The Balaban J connectivity index is 2.65. The first kappa shape index (κ1) is 12.7. The fourth-order valence-corrected chi connectivity index (χ4v) is 1.70. The van der Waals surface area contributed by atoms with E-state index >= 15 is 0 Å². The molecule has 1 atom stereocenters. The number of hydrogen-bond acceptors (Lipinski definition) is 1.